The van der Waals surface area contributed by atoms with Crippen molar-refractivity contribution in [3.8, 4) is 5.75 Å². The smallest absolute Gasteiger partial charge is 0.278 e. The zero-order valence-electron chi connectivity index (χ0n) is 19.1. The molecule has 0 aliphatic carbocycles. The molecule has 0 unspecified atom stereocenters. The molecule has 0 spiro atoms. The lowest BCUT2D eigenvalue weighted by atomic mass is 10.0. The van der Waals surface area contributed by atoms with Crippen molar-refractivity contribution in [3.05, 3.63) is 70.9 Å². The van der Waals surface area contributed by atoms with Gasteiger partial charge in [0.1, 0.15) is 11.4 Å². The molecule has 0 fully saturated rings. The Hall–Kier alpha value is -3.16. The predicted molar refractivity (Wildman–Crippen MR) is 122 cm³/mol. The lowest BCUT2D eigenvalue weighted by molar-refractivity contribution is -0.138. The van der Waals surface area contributed by atoms with Crippen molar-refractivity contribution in [2.24, 2.45) is 0 Å². The second-order valence-corrected chi connectivity index (χ2v) is 7.57. The van der Waals surface area contributed by atoms with Crippen LogP contribution in [0.3, 0.4) is 0 Å². The van der Waals surface area contributed by atoms with E-state index in [4.69, 9.17) is 14.2 Å². The van der Waals surface area contributed by atoms with Crippen molar-refractivity contribution >= 4 is 17.4 Å². The number of hydrogen-bond acceptors (Lipinski definition) is 6. The predicted octanol–water partition coefficient (Wildman–Crippen LogP) is 2.88. The van der Waals surface area contributed by atoms with Gasteiger partial charge in [0.05, 0.1) is 32.4 Å². The number of para-hydroxylation sites is 1. The van der Waals surface area contributed by atoms with Gasteiger partial charge >= 0.3 is 0 Å². The van der Waals surface area contributed by atoms with Gasteiger partial charge in [-0.2, -0.15) is 0 Å². The van der Waals surface area contributed by atoms with E-state index in [1.165, 1.54) is 4.90 Å². The number of ether oxygens (including phenoxy) is 3. The van der Waals surface area contributed by atoms with Crippen LogP contribution in [0.4, 0.5) is 0 Å². The molecule has 170 valence electrons. The van der Waals surface area contributed by atoms with E-state index < -0.39 is 0 Å². The van der Waals surface area contributed by atoms with E-state index in [0.717, 1.165) is 11.1 Å². The van der Waals surface area contributed by atoms with E-state index in [0.29, 0.717) is 48.9 Å². The summed E-state index contributed by atoms with van der Waals surface area (Å²) in [6, 6.07) is 15.0. The molecular formula is C25H30N2O5. The highest BCUT2D eigenvalue weighted by molar-refractivity contribution is 6.35. The van der Waals surface area contributed by atoms with Crippen molar-refractivity contribution in [2.75, 3.05) is 47.6 Å². The summed E-state index contributed by atoms with van der Waals surface area (Å²) in [5.74, 6) is -0.0164. The molecule has 32 heavy (non-hydrogen) atoms. The van der Waals surface area contributed by atoms with Crippen LogP contribution in [0.2, 0.25) is 0 Å². The van der Waals surface area contributed by atoms with Crippen LogP contribution in [0.25, 0.3) is 5.57 Å². The number of benzene rings is 2. The molecule has 1 aliphatic heterocycles. The third-order valence-electron chi connectivity index (χ3n) is 5.45. The Balaban J connectivity index is 2.05. The summed E-state index contributed by atoms with van der Waals surface area (Å²) < 4.78 is 15.9. The largest absolute Gasteiger partial charge is 0.496 e. The summed E-state index contributed by atoms with van der Waals surface area (Å²) in [5.41, 5.74) is 3.34. The first-order valence-electron chi connectivity index (χ1n) is 10.5. The lowest BCUT2D eigenvalue weighted by Crippen LogP contribution is -2.37. The zero-order valence-corrected chi connectivity index (χ0v) is 19.1. The number of nitrogens with zero attached hydrogens (tertiary/aromatic N) is 2. The number of hydrogen-bond donors (Lipinski definition) is 0. The minimum absolute atomic E-state index is 0.128. The van der Waals surface area contributed by atoms with Crippen molar-refractivity contribution in [1.29, 1.82) is 0 Å². The number of aryl methyl sites for hydroxylation is 1. The average Bonchev–Trinajstić information content (AvgIpc) is 3.05. The number of carbonyl (C=O) groups is 2. The third-order valence-corrected chi connectivity index (χ3v) is 5.45. The molecule has 2 amide bonds. The molecule has 1 aliphatic rings. The van der Waals surface area contributed by atoms with Crippen LogP contribution in [0.15, 0.2) is 54.2 Å². The molecule has 0 saturated carbocycles. The van der Waals surface area contributed by atoms with Gasteiger partial charge in [0, 0.05) is 32.9 Å². The molecule has 7 heteroatoms. The summed E-state index contributed by atoms with van der Waals surface area (Å²) >= 11 is 0. The summed E-state index contributed by atoms with van der Waals surface area (Å²) in [7, 11) is 4.80. The highest BCUT2D eigenvalue weighted by atomic mass is 16.5. The topological polar surface area (TPSA) is 68.3 Å². The first-order valence-corrected chi connectivity index (χ1v) is 10.5. The van der Waals surface area contributed by atoms with Crippen molar-refractivity contribution < 1.29 is 23.8 Å². The summed E-state index contributed by atoms with van der Waals surface area (Å²) in [6.07, 6.45) is 0. The average molecular weight is 439 g/mol. The molecule has 0 N–H and O–H groups in total. The van der Waals surface area contributed by atoms with E-state index in [2.05, 4.69) is 0 Å². The van der Waals surface area contributed by atoms with Gasteiger partial charge < -0.3 is 19.1 Å². The minimum Gasteiger partial charge on any atom is -0.496 e. The Morgan fingerprint density at radius 2 is 1.47 bits per heavy atom. The molecule has 3 rings (SSSR count). The maximum absolute atomic E-state index is 13.6. The van der Waals surface area contributed by atoms with Gasteiger partial charge in [-0.3, -0.25) is 14.5 Å². The highest BCUT2D eigenvalue weighted by Gasteiger charge is 2.41. The summed E-state index contributed by atoms with van der Waals surface area (Å²) in [4.78, 5) is 30.4. The van der Waals surface area contributed by atoms with Crippen molar-refractivity contribution in [3.63, 3.8) is 0 Å². The third kappa shape index (κ3) is 5.00. The first-order chi connectivity index (χ1) is 15.5. The highest BCUT2D eigenvalue weighted by Crippen LogP contribution is 2.33. The molecule has 2 aromatic carbocycles. The van der Waals surface area contributed by atoms with E-state index in [-0.39, 0.29) is 18.4 Å². The first kappa shape index (κ1) is 23.5. The van der Waals surface area contributed by atoms with Crippen LogP contribution in [-0.2, 0) is 25.6 Å². The lowest BCUT2D eigenvalue weighted by Gasteiger charge is -2.25. The molecule has 0 bridgehead atoms. The van der Waals surface area contributed by atoms with Gasteiger partial charge in [-0.25, -0.2) is 0 Å². The van der Waals surface area contributed by atoms with E-state index >= 15 is 0 Å². The summed E-state index contributed by atoms with van der Waals surface area (Å²) in [6.45, 7) is 3.88. The second kappa shape index (κ2) is 10.9. The fourth-order valence-corrected chi connectivity index (χ4v) is 3.72. The minimum atomic E-state index is -0.330. The van der Waals surface area contributed by atoms with Gasteiger partial charge in [-0.15, -0.1) is 0 Å². The number of imide groups is 1. The fourth-order valence-electron chi connectivity index (χ4n) is 3.72. The van der Waals surface area contributed by atoms with Gasteiger partial charge in [0.25, 0.3) is 11.8 Å². The van der Waals surface area contributed by atoms with E-state index in [1.807, 2.05) is 60.4 Å². The molecular weight excluding hydrogens is 408 g/mol. The van der Waals surface area contributed by atoms with Crippen LogP contribution in [-0.4, -0.2) is 69.2 Å². The quantitative estimate of drug-likeness (QED) is 0.503. The summed E-state index contributed by atoms with van der Waals surface area (Å²) in [5, 5.41) is 0. The normalized spacial score (nSPS) is 13.8. The van der Waals surface area contributed by atoms with E-state index in [9.17, 15) is 9.59 Å². The molecule has 7 nitrogen and oxygen atoms in total. The monoisotopic (exact) mass is 438 g/mol. The molecule has 2 aromatic rings. The Kier molecular flexibility index (Phi) is 8.03. The number of rotatable bonds is 11. The van der Waals surface area contributed by atoms with Crippen LogP contribution in [0.5, 0.6) is 5.75 Å². The molecule has 0 aromatic heterocycles. The van der Waals surface area contributed by atoms with Crippen LogP contribution >= 0.6 is 0 Å². The molecule has 1 heterocycles. The molecule has 0 atom stereocenters. The fraction of sp³-hybridized carbons (Fsp3) is 0.360. The van der Waals surface area contributed by atoms with Crippen LogP contribution < -0.4 is 4.74 Å². The van der Waals surface area contributed by atoms with Crippen molar-refractivity contribution in [1.82, 2.24) is 9.80 Å². The maximum Gasteiger partial charge on any atom is 0.278 e. The molecule has 0 saturated heterocycles. The number of carbonyl (C=O) groups excluding carboxylic acids is 2. The van der Waals surface area contributed by atoms with Gasteiger partial charge in [-0.05, 0) is 18.6 Å². The standard InChI is InChI=1S/C25H30N2O5/c1-18-9-11-19(12-10-18)22-23(26(13-15-30-2)14-16-31-3)25(29)27(24(22)28)17-20-7-5-6-8-21(20)32-4/h5-12H,13-17H2,1-4H3. The van der Waals surface area contributed by atoms with Gasteiger partial charge in [0.15, 0.2) is 0 Å². The van der Waals surface area contributed by atoms with E-state index in [1.54, 1.807) is 21.3 Å². The number of methoxy groups -OCH3 is 3. The second-order valence-electron chi connectivity index (χ2n) is 7.57. The Labute approximate surface area is 189 Å². The Bertz CT molecular complexity index is 976. The van der Waals surface area contributed by atoms with Crippen LogP contribution in [0, 0.1) is 6.92 Å². The van der Waals surface area contributed by atoms with Gasteiger partial charge in [-0.1, -0.05) is 48.0 Å². The zero-order chi connectivity index (χ0) is 23.1. The maximum atomic E-state index is 13.6. The Morgan fingerprint density at radius 3 is 2.06 bits per heavy atom. The van der Waals surface area contributed by atoms with Gasteiger partial charge in [0.2, 0.25) is 0 Å². The molecule has 0 radical (unpaired) electrons. The SMILES string of the molecule is COCCN(CCOC)C1=C(c2ccc(C)cc2)C(=O)N(Cc2ccccc2OC)C1=O. The van der Waals surface area contributed by atoms with Crippen molar-refractivity contribution in [2.45, 2.75) is 13.5 Å². The Morgan fingerprint density at radius 1 is 0.844 bits per heavy atom. The number of amides is 2. The van der Waals surface area contributed by atoms with Crippen LogP contribution in [0.1, 0.15) is 16.7 Å².